The molecule has 0 aliphatic carbocycles. The van der Waals surface area contributed by atoms with E-state index in [1.54, 1.807) is 18.2 Å². The standard InChI is InChI=1S/C18H15N5O8/c1-18(2,30-14-5-3-4-10(6-14)15-20-17(25)31-21-15)16(24)19-11-7-12(22(26)27)9-13(8-11)23(28)29/h3-9H,1-2H3,(H,19,24)(H,20,21,25). The number of carbonyl (C=O) groups is 1. The number of aromatic amines is 1. The van der Waals surface area contributed by atoms with Crippen molar-refractivity contribution in [2.75, 3.05) is 5.32 Å². The number of amides is 1. The van der Waals surface area contributed by atoms with Crippen LogP contribution in [0, 0.1) is 20.2 Å². The predicted octanol–water partition coefficient (Wildman–Crippen LogP) is 2.64. The molecule has 0 atom stereocenters. The minimum absolute atomic E-state index is 0.128. The molecule has 0 saturated heterocycles. The van der Waals surface area contributed by atoms with E-state index in [9.17, 15) is 29.8 Å². The van der Waals surface area contributed by atoms with Crippen molar-refractivity contribution in [3.8, 4) is 17.1 Å². The van der Waals surface area contributed by atoms with Crippen LogP contribution in [0.1, 0.15) is 13.8 Å². The summed E-state index contributed by atoms with van der Waals surface area (Å²) in [6.07, 6.45) is 0. The van der Waals surface area contributed by atoms with E-state index in [1.807, 2.05) is 0 Å². The number of hydrogen-bond donors (Lipinski definition) is 2. The van der Waals surface area contributed by atoms with Crippen molar-refractivity contribution in [1.82, 2.24) is 10.1 Å². The molecule has 3 rings (SSSR count). The van der Waals surface area contributed by atoms with Crippen molar-refractivity contribution in [2.45, 2.75) is 19.4 Å². The van der Waals surface area contributed by atoms with Crippen LogP contribution in [0.5, 0.6) is 5.75 Å². The van der Waals surface area contributed by atoms with Gasteiger partial charge in [-0.25, -0.2) is 4.79 Å². The maximum Gasteiger partial charge on any atom is 0.439 e. The Morgan fingerprint density at radius 3 is 2.32 bits per heavy atom. The summed E-state index contributed by atoms with van der Waals surface area (Å²) >= 11 is 0. The molecule has 0 unspecified atom stereocenters. The molecule has 2 aromatic carbocycles. The van der Waals surface area contributed by atoms with E-state index < -0.39 is 38.5 Å². The fourth-order valence-corrected chi connectivity index (χ4v) is 2.56. The maximum atomic E-state index is 12.7. The summed E-state index contributed by atoms with van der Waals surface area (Å²) in [7, 11) is 0. The molecule has 0 aliphatic rings. The van der Waals surface area contributed by atoms with E-state index >= 15 is 0 Å². The lowest BCUT2D eigenvalue weighted by Gasteiger charge is -2.25. The zero-order valence-electron chi connectivity index (χ0n) is 16.1. The summed E-state index contributed by atoms with van der Waals surface area (Å²) in [6, 6.07) is 9.11. The highest BCUT2D eigenvalue weighted by Gasteiger charge is 2.31. The molecule has 1 heterocycles. The number of carbonyl (C=O) groups excluding carboxylic acids is 1. The summed E-state index contributed by atoms with van der Waals surface area (Å²) < 4.78 is 10.2. The van der Waals surface area contributed by atoms with Crippen molar-refractivity contribution in [3.05, 3.63) is 73.2 Å². The number of aromatic nitrogens is 2. The first-order chi connectivity index (χ1) is 14.5. The van der Waals surface area contributed by atoms with Gasteiger partial charge >= 0.3 is 5.76 Å². The Morgan fingerprint density at radius 1 is 1.13 bits per heavy atom. The van der Waals surface area contributed by atoms with Crippen LogP contribution in [-0.4, -0.2) is 31.5 Å². The second-order valence-corrected chi connectivity index (χ2v) is 6.79. The lowest BCUT2D eigenvalue weighted by Crippen LogP contribution is -2.42. The van der Waals surface area contributed by atoms with Crippen molar-refractivity contribution in [3.63, 3.8) is 0 Å². The first-order valence-electron chi connectivity index (χ1n) is 8.66. The maximum absolute atomic E-state index is 12.7. The van der Waals surface area contributed by atoms with Crippen molar-refractivity contribution in [2.24, 2.45) is 0 Å². The number of ether oxygens (including phenoxy) is 1. The lowest BCUT2D eigenvalue weighted by atomic mass is 10.1. The van der Waals surface area contributed by atoms with E-state index in [-0.39, 0.29) is 17.3 Å². The number of nitrogens with one attached hydrogen (secondary N) is 2. The van der Waals surface area contributed by atoms with Crippen LogP contribution in [-0.2, 0) is 4.79 Å². The van der Waals surface area contributed by atoms with Crippen LogP contribution in [0.4, 0.5) is 17.1 Å². The van der Waals surface area contributed by atoms with Crippen molar-refractivity contribution < 1.29 is 23.9 Å². The molecule has 0 radical (unpaired) electrons. The molecule has 1 aromatic heterocycles. The number of nitro groups is 2. The normalized spacial score (nSPS) is 11.0. The third kappa shape index (κ3) is 4.90. The van der Waals surface area contributed by atoms with Crippen molar-refractivity contribution >= 4 is 23.0 Å². The average molecular weight is 429 g/mol. The second kappa shape index (κ2) is 8.06. The van der Waals surface area contributed by atoms with Crippen LogP contribution in [0.3, 0.4) is 0 Å². The highest BCUT2D eigenvalue weighted by Crippen LogP contribution is 2.28. The van der Waals surface area contributed by atoms with Crippen LogP contribution in [0.2, 0.25) is 0 Å². The number of H-pyrrole nitrogens is 1. The summed E-state index contributed by atoms with van der Waals surface area (Å²) in [5.74, 6) is -1.01. The number of nitro benzene ring substituents is 2. The molecule has 31 heavy (non-hydrogen) atoms. The minimum Gasteiger partial charge on any atom is -0.478 e. The quantitative estimate of drug-likeness (QED) is 0.421. The SMILES string of the molecule is CC(C)(Oc1cccc(-c2noc(=O)[nH]2)c1)C(=O)Nc1cc([N+](=O)[O-])cc([N+](=O)[O-])c1. The Hall–Kier alpha value is -4.55. The van der Waals surface area contributed by atoms with Crippen LogP contribution >= 0.6 is 0 Å². The minimum atomic E-state index is -1.48. The molecule has 1 amide bonds. The molecular weight excluding hydrogens is 414 g/mol. The van der Waals surface area contributed by atoms with Gasteiger partial charge in [0, 0.05) is 17.7 Å². The van der Waals surface area contributed by atoms with E-state index in [0.29, 0.717) is 5.56 Å². The number of nitrogens with zero attached hydrogens (tertiary/aromatic N) is 3. The first-order valence-corrected chi connectivity index (χ1v) is 8.66. The Morgan fingerprint density at radius 2 is 1.77 bits per heavy atom. The number of non-ortho nitro benzene ring substituents is 2. The zero-order chi connectivity index (χ0) is 22.8. The molecule has 0 saturated carbocycles. The predicted molar refractivity (Wildman–Crippen MR) is 106 cm³/mol. The Bertz CT molecular complexity index is 1200. The Balaban J connectivity index is 1.81. The number of benzene rings is 2. The third-order valence-corrected chi connectivity index (χ3v) is 4.05. The molecule has 0 aliphatic heterocycles. The fourth-order valence-electron chi connectivity index (χ4n) is 2.56. The van der Waals surface area contributed by atoms with Crippen LogP contribution in [0.15, 0.2) is 51.8 Å². The summed E-state index contributed by atoms with van der Waals surface area (Å²) in [5.41, 5.74) is -2.23. The molecule has 13 nitrogen and oxygen atoms in total. The first kappa shape index (κ1) is 21.2. The molecule has 0 spiro atoms. The van der Waals surface area contributed by atoms with Gasteiger partial charge in [-0.1, -0.05) is 17.3 Å². The van der Waals surface area contributed by atoms with Gasteiger partial charge in [-0.05, 0) is 26.0 Å². The van der Waals surface area contributed by atoms with Gasteiger partial charge in [0.25, 0.3) is 17.3 Å². The largest absolute Gasteiger partial charge is 0.478 e. The molecule has 13 heteroatoms. The Labute approximate surface area is 172 Å². The third-order valence-electron chi connectivity index (χ3n) is 4.05. The van der Waals surface area contributed by atoms with Gasteiger partial charge in [0.1, 0.15) is 5.75 Å². The van der Waals surface area contributed by atoms with Gasteiger partial charge in [-0.2, -0.15) is 0 Å². The topological polar surface area (TPSA) is 184 Å². The molecule has 2 N–H and O–H groups in total. The molecule has 160 valence electrons. The smallest absolute Gasteiger partial charge is 0.439 e. The summed E-state index contributed by atoms with van der Waals surface area (Å²) in [6.45, 7) is 2.89. The van der Waals surface area contributed by atoms with Crippen molar-refractivity contribution in [1.29, 1.82) is 0 Å². The average Bonchev–Trinajstić information content (AvgIpc) is 3.14. The Kier molecular flexibility index (Phi) is 5.50. The monoisotopic (exact) mass is 429 g/mol. The van der Waals surface area contributed by atoms with Gasteiger partial charge in [-0.3, -0.25) is 34.5 Å². The van der Waals surface area contributed by atoms with E-state index in [4.69, 9.17) is 4.74 Å². The zero-order valence-corrected chi connectivity index (χ0v) is 16.1. The van der Waals surface area contributed by atoms with Gasteiger partial charge in [-0.15, -0.1) is 0 Å². The number of rotatable bonds is 7. The highest BCUT2D eigenvalue weighted by atomic mass is 16.6. The van der Waals surface area contributed by atoms with Gasteiger partial charge in [0.2, 0.25) is 0 Å². The van der Waals surface area contributed by atoms with Gasteiger partial charge < -0.3 is 10.1 Å². The molecule has 0 bridgehead atoms. The molecule has 3 aromatic rings. The lowest BCUT2D eigenvalue weighted by molar-refractivity contribution is -0.394. The van der Waals surface area contributed by atoms with E-state index in [2.05, 4.69) is 20.0 Å². The highest BCUT2D eigenvalue weighted by molar-refractivity contribution is 5.97. The fraction of sp³-hybridized carbons (Fsp3) is 0.167. The van der Waals surface area contributed by atoms with E-state index in [1.165, 1.54) is 19.9 Å². The summed E-state index contributed by atoms with van der Waals surface area (Å²) in [4.78, 5) is 46.6. The van der Waals surface area contributed by atoms with Gasteiger partial charge in [0.15, 0.2) is 11.4 Å². The molecular formula is C18H15N5O8. The van der Waals surface area contributed by atoms with E-state index in [0.717, 1.165) is 18.2 Å². The number of hydrogen-bond acceptors (Lipinski definition) is 9. The van der Waals surface area contributed by atoms with Crippen LogP contribution < -0.4 is 15.8 Å². The summed E-state index contributed by atoms with van der Waals surface area (Å²) in [5, 5.41) is 28.0. The number of anilines is 1. The van der Waals surface area contributed by atoms with Crippen LogP contribution in [0.25, 0.3) is 11.4 Å². The molecule has 0 fully saturated rings. The second-order valence-electron chi connectivity index (χ2n) is 6.79. The van der Waals surface area contributed by atoms with Gasteiger partial charge in [0.05, 0.1) is 21.6 Å².